The molecule has 0 aliphatic carbocycles. The van der Waals surface area contributed by atoms with Gasteiger partial charge in [0.25, 0.3) is 5.91 Å². The molecule has 3 rings (SSSR count). The van der Waals surface area contributed by atoms with Crippen LogP contribution in [0.2, 0.25) is 0 Å². The Morgan fingerprint density at radius 2 is 1.89 bits per heavy atom. The summed E-state index contributed by atoms with van der Waals surface area (Å²) in [6.07, 6.45) is -4.16. The van der Waals surface area contributed by atoms with E-state index in [9.17, 15) is 18.0 Å². The third-order valence-corrected chi connectivity index (χ3v) is 3.88. The van der Waals surface area contributed by atoms with Gasteiger partial charge in [0.2, 0.25) is 11.8 Å². The molecule has 1 amide bonds. The molecule has 9 heteroatoms. The van der Waals surface area contributed by atoms with Crippen LogP contribution in [0.3, 0.4) is 0 Å². The Labute approximate surface area is 158 Å². The van der Waals surface area contributed by atoms with Gasteiger partial charge in [-0.2, -0.15) is 13.2 Å². The summed E-state index contributed by atoms with van der Waals surface area (Å²) in [7, 11) is 1.55. The molecule has 0 saturated carbocycles. The van der Waals surface area contributed by atoms with Crippen LogP contribution >= 0.6 is 0 Å². The van der Waals surface area contributed by atoms with Gasteiger partial charge in [-0.1, -0.05) is 6.07 Å². The molecule has 0 radical (unpaired) electrons. The van der Waals surface area contributed by atoms with Crippen molar-refractivity contribution >= 4 is 5.91 Å². The molecule has 28 heavy (non-hydrogen) atoms. The molecule has 6 nitrogen and oxygen atoms in total. The van der Waals surface area contributed by atoms with Crippen molar-refractivity contribution in [1.29, 1.82) is 0 Å². The van der Waals surface area contributed by atoms with E-state index in [-0.39, 0.29) is 18.5 Å². The van der Waals surface area contributed by atoms with Gasteiger partial charge in [-0.25, -0.2) is 0 Å². The summed E-state index contributed by atoms with van der Waals surface area (Å²) in [5.41, 5.74) is 0.0301. The molecule has 0 saturated heterocycles. The average molecular weight is 391 g/mol. The Hall–Kier alpha value is -3.36. The molecule has 1 N–H and O–H groups in total. The molecule has 2 aromatic carbocycles. The summed E-state index contributed by atoms with van der Waals surface area (Å²) >= 11 is 0. The van der Waals surface area contributed by atoms with E-state index >= 15 is 0 Å². The van der Waals surface area contributed by atoms with Gasteiger partial charge in [0.05, 0.1) is 12.7 Å². The van der Waals surface area contributed by atoms with Crippen molar-refractivity contribution in [3.63, 3.8) is 0 Å². The molecule has 146 valence electrons. The number of ether oxygens (including phenoxy) is 1. The van der Waals surface area contributed by atoms with Crippen molar-refractivity contribution in [2.45, 2.75) is 12.6 Å². The Morgan fingerprint density at radius 1 is 1.14 bits per heavy atom. The number of nitrogens with zero attached hydrogens (tertiary/aromatic N) is 2. The molecule has 0 spiro atoms. The molecule has 0 aliphatic heterocycles. The van der Waals surface area contributed by atoms with Crippen molar-refractivity contribution < 1.29 is 27.1 Å². The monoisotopic (exact) mass is 391 g/mol. The first-order chi connectivity index (χ1) is 13.4. The zero-order valence-corrected chi connectivity index (χ0v) is 14.8. The number of rotatable bonds is 6. The highest BCUT2D eigenvalue weighted by Crippen LogP contribution is 2.29. The Morgan fingerprint density at radius 3 is 2.57 bits per heavy atom. The maximum atomic E-state index is 12.5. The van der Waals surface area contributed by atoms with Crippen LogP contribution in [0.25, 0.3) is 11.5 Å². The Balaban J connectivity index is 1.55. The number of carbonyl (C=O) groups is 1. The van der Waals surface area contributed by atoms with Crippen molar-refractivity contribution in [3.05, 3.63) is 65.5 Å². The van der Waals surface area contributed by atoms with Crippen LogP contribution < -0.4 is 10.1 Å². The van der Waals surface area contributed by atoms with Gasteiger partial charge in [0.15, 0.2) is 0 Å². The zero-order valence-electron chi connectivity index (χ0n) is 14.8. The Bertz CT molecular complexity index is 953. The van der Waals surface area contributed by atoms with Crippen molar-refractivity contribution in [2.24, 2.45) is 0 Å². The van der Waals surface area contributed by atoms with E-state index in [0.717, 1.165) is 24.3 Å². The van der Waals surface area contributed by atoms with Crippen molar-refractivity contribution in [3.8, 4) is 17.2 Å². The topological polar surface area (TPSA) is 77.3 Å². The first-order valence-electron chi connectivity index (χ1n) is 8.29. The minimum Gasteiger partial charge on any atom is -0.497 e. The van der Waals surface area contributed by atoms with Gasteiger partial charge in [-0.05, 0) is 42.5 Å². The van der Waals surface area contributed by atoms with E-state index in [1.54, 1.807) is 31.4 Å². The minimum atomic E-state index is -4.44. The normalized spacial score (nSPS) is 11.3. The Kier molecular flexibility index (Phi) is 5.62. The van der Waals surface area contributed by atoms with Crippen LogP contribution in [0, 0.1) is 0 Å². The van der Waals surface area contributed by atoms with Crippen LogP contribution in [0.1, 0.15) is 21.8 Å². The molecule has 0 fully saturated rings. The van der Waals surface area contributed by atoms with E-state index in [1.165, 1.54) is 0 Å². The van der Waals surface area contributed by atoms with E-state index in [2.05, 4.69) is 15.5 Å². The van der Waals surface area contributed by atoms with Crippen LogP contribution in [-0.2, 0) is 12.6 Å². The van der Waals surface area contributed by atoms with E-state index in [1.807, 2.05) is 0 Å². The van der Waals surface area contributed by atoms with Gasteiger partial charge in [-0.15, -0.1) is 10.2 Å². The molecule has 1 heterocycles. The third kappa shape index (κ3) is 4.67. The van der Waals surface area contributed by atoms with Gasteiger partial charge >= 0.3 is 6.18 Å². The second-order valence-electron chi connectivity index (χ2n) is 5.81. The fraction of sp³-hybridized carbons (Fsp3) is 0.211. The maximum Gasteiger partial charge on any atom is 0.416 e. The van der Waals surface area contributed by atoms with Crippen molar-refractivity contribution in [1.82, 2.24) is 15.5 Å². The average Bonchev–Trinajstić information content (AvgIpc) is 3.16. The second kappa shape index (κ2) is 8.12. The van der Waals surface area contributed by atoms with Crippen molar-refractivity contribution in [2.75, 3.05) is 13.7 Å². The van der Waals surface area contributed by atoms with Gasteiger partial charge in [-0.3, -0.25) is 4.79 Å². The number of halogens is 3. The largest absolute Gasteiger partial charge is 0.497 e. The number of nitrogens with one attached hydrogen (secondary N) is 1. The molecule has 0 atom stereocenters. The summed E-state index contributed by atoms with van der Waals surface area (Å²) in [6.45, 7) is 0.194. The molecular formula is C19H16F3N3O3. The molecule has 0 aliphatic rings. The smallest absolute Gasteiger partial charge is 0.416 e. The lowest BCUT2D eigenvalue weighted by Gasteiger charge is -2.07. The second-order valence-corrected chi connectivity index (χ2v) is 5.81. The maximum absolute atomic E-state index is 12.5. The first kappa shape index (κ1) is 19.4. The number of alkyl halides is 3. The van der Waals surface area contributed by atoms with Crippen LogP contribution in [0.15, 0.2) is 52.9 Å². The summed E-state index contributed by atoms with van der Waals surface area (Å²) in [5, 5.41) is 10.5. The molecule has 0 bridgehead atoms. The van der Waals surface area contributed by atoms with Crippen LogP contribution in [0.5, 0.6) is 5.75 Å². The van der Waals surface area contributed by atoms with Gasteiger partial charge < -0.3 is 14.5 Å². The molecule has 3 aromatic rings. The van der Waals surface area contributed by atoms with E-state index in [0.29, 0.717) is 23.1 Å². The van der Waals surface area contributed by atoms with Crippen LogP contribution in [0.4, 0.5) is 13.2 Å². The number of hydrogen-bond acceptors (Lipinski definition) is 5. The van der Waals surface area contributed by atoms with E-state index < -0.39 is 17.6 Å². The summed E-state index contributed by atoms with van der Waals surface area (Å²) in [4.78, 5) is 12.0. The number of amides is 1. The standard InChI is InChI=1S/C19H16F3N3O3/c1-27-15-4-2-3-13(11-15)18-25-24-16(28-18)9-10-23-17(26)12-5-7-14(8-6-12)19(20,21)22/h2-8,11H,9-10H2,1H3,(H,23,26). The number of methoxy groups -OCH3 is 1. The first-order valence-corrected chi connectivity index (χ1v) is 8.29. The lowest BCUT2D eigenvalue weighted by Crippen LogP contribution is -2.25. The minimum absolute atomic E-state index is 0.135. The highest BCUT2D eigenvalue weighted by Gasteiger charge is 2.30. The summed E-state index contributed by atoms with van der Waals surface area (Å²) in [5.74, 6) is 0.816. The summed E-state index contributed by atoms with van der Waals surface area (Å²) < 4.78 is 48.3. The SMILES string of the molecule is COc1cccc(-c2nnc(CCNC(=O)c3ccc(C(F)(F)F)cc3)o2)c1. The van der Waals surface area contributed by atoms with E-state index in [4.69, 9.17) is 9.15 Å². The number of aromatic nitrogens is 2. The fourth-order valence-corrected chi connectivity index (χ4v) is 2.42. The predicted octanol–water partition coefficient (Wildman–Crippen LogP) is 3.74. The lowest BCUT2D eigenvalue weighted by molar-refractivity contribution is -0.137. The zero-order chi connectivity index (χ0) is 20.1. The number of hydrogen-bond donors (Lipinski definition) is 1. The fourth-order valence-electron chi connectivity index (χ4n) is 2.42. The van der Waals surface area contributed by atoms with Crippen LogP contribution in [-0.4, -0.2) is 29.8 Å². The number of benzene rings is 2. The molecule has 1 aromatic heterocycles. The van der Waals surface area contributed by atoms with Gasteiger partial charge in [0, 0.05) is 24.1 Å². The lowest BCUT2D eigenvalue weighted by atomic mass is 10.1. The summed E-state index contributed by atoms with van der Waals surface area (Å²) in [6, 6.07) is 11.1. The number of carbonyl (C=O) groups excluding carboxylic acids is 1. The molecule has 0 unspecified atom stereocenters. The highest BCUT2D eigenvalue weighted by molar-refractivity contribution is 5.94. The van der Waals surface area contributed by atoms with Gasteiger partial charge in [0.1, 0.15) is 5.75 Å². The molecular weight excluding hydrogens is 375 g/mol. The predicted molar refractivity (Wildman–Crippen MR) is 93.8 cm³/mol. The third-order valence-electron chi connectivity index (χ3n) is 3.88. The quantitative estimate of drug-likeness (QED) is 0.693. The highest BCUT2D eigenvalue weighted by atomic mass is 19.4.